The third-order valence-electron chi connectivity index (χ3n) is 2.90. The van der Waals surface area contributed by atoms with Gasteiger partial charge in [-0.3, -0.25) is 4.98 Å². The highest BCUT2D eigenvalue weighted by atomic mass is 19.3. The van der Waals surface area contributed by atoms with E-state index in [4.69, 9.17) is 10.8 Å². The lowest BCUT2D eigenvalue weighted by Crippen LogP contribution is -2.31. The number of nitrogens with two attached hydrogens (primary N) is 1. The molecule has 0 amide bonds. The number of anilines is 2. The minimum atomic E-state index is -2.47. The standard InChI is InChI=1S/C13H15F2N3O/c14-13(15)8-18(5-6-19)12-2-1-11(16)10-7-17-4-3-9(10)12/h1-4,7,13,19H,5-6,8,16H2. The van der Waals surface area contributed by atoms with E-state index in [1.54, 1.807) is 30.6 Å². The van der Waals surface area contributed by atoms with Crippen LogP contribution in [-0.2, 0) is 0 Å². The van der Waals surface area contributed by atoms with Crippen molar-refractivity contribution < 1.29 is 13.9 Å². The van der Waals surface area contributed by atoms with Gasteiger partial charge in [-0.2, -0.15) is 0 Å². The van der Waals surface area contributed by atoms with Gasteiger partial charge in [0.25, 0.3) is 6.43 Å². The largest absolute Gasteiger partial charge is 0.398 e. The van der Waals surface area contributed by atoms with Crippen molar-refractivity contribution in [3.8, 4) is 0 Å². The molecule has 1 heterocycles. The summed E-state index contributed by atoms with van der Waals surface area (Å²) in [6.45, 7) is -0.475. The van der Waals surface area contributed by atoms with Crippen molar-refractivity contribution in [2.45, 2.75) is 6.43 Å². The van der Waals surface area contributed by atoms with Crippen LogP contribution in [0, 0.1) is 0 Å². The number of rotatable bonds is 5. The quantitative estimate of drug-likeness (QED) is 0.812. The first kappa shape index (κ1) is 13.5. The molecule has 102 valence electrons. The zero-order chi connectivity index (χ0) is 13.8. The molecule has 0 radical (unpaired) electrons. The first-order chi connectivity index (χ1) is 9.13. The number of halogens is 2. The van der Waals surface area contributed by atoms with Crippen LogP contribution >= 0.6 is 0 Å². The van der Waals surface area contributed by atoms with Gasteiger partial charge in [-0.1, -0.05) is 0 Å². The fraction of sp³-hybridized carbons (Fsp3) is 0.308. The molecular formula is C13H15F2N3O. The summed E-state index contributed by atoms with van der Waals surface area (Å²) >= 11 is 0. The maximum Gasteiger partial charge on any atom is 0.255 e. The van der Waals surface area contributed by atoms with E-state index in [1.165, 1.54) is 4.90 Å². The summed E-state index contributed by atoms with van der Waals surface area (Å²) in [6, 6.07) is 5.09. The van der Waals surface area contributed by atoms with Gasteiger partial charge in [-0.25, -0.2) is 8.78 Å². The SMILES string of the molecule is Nc1ccc(N(CCO)CC(F)F)c2ccncc12. The molecule has 1 aromatic carbocycles. The molecule has 19 heavy (non-hydrogen) atoms. The predicted molar refractivity (Wildman–Crippen MR) is 71.5 cm³/mol. The molecule has 0 unspecified atom stereocenters. The van der Waals surface area contributed by atoms with Crippen LogP contribution in [0.5, 0.6) is 0 Å². The number of aliphatic hydroxyl groups excluding tert-OH is 1. The minimum Gasteiger partial charge on any atom is -0.398 e. The maximum atomic E-state index is 12.6. The van der Waals surface area contributed by atoms with E-state index in [9.17, 15) is 8.78 Å². The summed E-state index contributed by atoms with van der Waals surface area (Å²) in [4.78, 5) is 5.44. The molecule has 0 aliphatic rings. The lowest BCUT2D eigenvalue weighted by atomic mass is 10.1. The van der Waals surface area contributed by atoms with E-state index in [0.29, 0.717) is 11.4 Å². The van der Waals surface area contributed by atoms with E-state index in [2.05, 4.69) is 4.98 Å². The molecule has 0 atom stereocenters. The molecule has 3 N–H and O–H groups in total. The Bertz CT molecular complexity index is 563. The Hall–Kier alpha value is -1.95. The lowest BCUT2D eigenvalue weighted by Gasteiger charge is -2.25. The molecule has 0 fully saturated rings. The first-order valence-electron chi connectivity index (χ1n) is 5.89. The highest BCUT2D eigenvalue weighted by molar-refractivity contribution is 6.00. The number of hydrogen-bond acceptors (Lipinski definition) is 4. The van der Waals surface area contributed by atoms with Crippen molar-refractivity contribution in [3.63, 3.8) is 0 Å². The number of nitrogens with zero attached hydrogens (tertiary/aromatic N) is 2. The van der Waals surface area contributed by atoms with E-state index in [0.717, 1.165) is 10.8 Å². The maximum absolute atomic E-state index is 12.6. The Balaban J connectivity index is 2.50. The smallest absolute Gasteiger partial charge is 0.255 e. The highest BCUT2D eigenvalue weighted by Crippen LogP contribution is 2.30. The summed E-state index contributed by atoms with van der Waals surface area (Å²) in [5.74, 6) is 0. The van der Waals surface area contributed by atoms with Crippen LogP contribution < -0.4 is 10.6 Å². The lowest BCUT2D eigenvalue weighted by molar-refractivity contribution is 0.153. The van der Waals surface area contributed by atoms with Crippen molar-refractivity contribution in [1.29, 1.82) is 0 Å². The number of pyridine rings is 1. The molecule has 4 nitrogen and oxygen atoms in total. The van der Waals surface area contributed by atoms with Gasteiger partial charge in [0.2, 0.25) is 0 Å². The number of fused-ring (bicyclic) bond motifs is 1. The van der Waals surface area contributed by atoms with Crippen molar-refractivity contribution >= 4 is 22.1 Å². The second-order valence-electron chi connectivity index (χ2n) is 4.16. The van der Waals surface area contributed by atoms with Gasteiger partial charge in [0.05, 0.1) is 13.2 Å². The molecule has 2 aromatic rings. The van der Waals surface area contributed by atoms with Crippen LogP contribution in [0.1, 0.15) is 0 Å². The van der Waals surface area contributed by atoms with Gasteiger partial charge in [0, 0.05) is 41.1 Å². The molecular weight excluding hydrogens is 252 g/mol. The summed E-state index contributed by atoms with van der Waals surface area (Å²) < 4.78 is 25.2. The van der Waals surface area contributed by atoms with Gasteiger partial charge < -0.3 is 15.7 Å². The zero-order valence-corrected chi connectivity index (χ0v) is 10.3. The van der Waals surface area contributed by atoms with E-state index in [-0.39, 0.29) is 13.2 Å². The zero-order valence-electron chi connectivity index (χ0n) is 10.3. The van der Waals surface area contributed by atoms with E-state index >= 15 is 0 Å². The molecule has 1 aromatic heterocycles. The van der Waals surface area contributed by atoms with Crippen molar-refractivity contribution in [2.75, 3.05) is 30.3 Å². The number of alkyl halides is 2. The molecule has 2 rings (SSSR count). The minimum absolute atomic E-state index is 0.145. The van der Waals surface area contributed by atoms with E-state index in [1.807, 2.05) is 0 Å². The summed E-state index contributed by atoms with van der Waals surface area (Å²) in [6.07, 6.45) is 0.722. The fourth-order valence-electron chi connectivity index (χ4n) is 2.07. The third-order valence-corrected chi connectivity index (χ3v) is 2.90. The number of nitrogen functional groups attached to an aromatic ring is 1. The molecule has 6 heteroatoms. The number of aliphatic hydroxyl groups is 1. The summed E-state index contributed by atoms with van der Waals surface area (Å²) in [7, 11) is 0. The first-order valence-corrected chi connectivity index (χ1v) is 5.89. The van der Waals surface area contributed by atoms with Crippen molar-refractivity contribution in [3.05, 3.63) is 30.6 Å². The van der Waals surface area contributed by atoms with Crippen LogP contribution in [0.15, 0.2) is 30.6 Å². The number of aromatic nitrogens is 1. The second kappa shape index (κ2) is 5.79. The monoisotopic (exact) mass is 267 g/mol. The topological polar surface area (TPSA) is 62.4 Å². The van der Waals surface area contributed by atoms with Gasteiger partial charge in [-0.05, 0) is 18.2 Å². The average Bonchev–Trinajstić information content (AvgIpc) is 2.39. The van der Waals surface area contributed by atoms with Gasteiger partial charge >= 0.3 is 0 Å². The highest BCUT2D eigenvalue weighted by Gasteiger charge is 2.15. The Morgan fingerprint density at radius 1 is 1.26 bits per heavy atom. The van der Waals surface area contributed by atoms with Crippen LogP contribution in [0.3, 0.4) is 0 Å². The molecule has 0 saturated carbocycles. The summed E-state index contributed by atoms with van der Waals surface area (Å²) in [5, 5.41) is 10.5. The third kappa shape index (κ3) is 2.90. The normalized spacial score (nSPS) is 11.2. The predicted octanol–water partition coefficient (Wildman–Crippen LogP) is 1.88. The Morgan fingerprint density at radius 2 is 2.05 bits per heavy atom. The molecule has 0 aliphatic carbocycles. The number of benzene rings is 1. The van der Waals surface area contributed by atoms with Crippen LogP contribution in [0.4, 0.5) is 20.2 Å². The number of hydrogen-bond donors (Lipinski definition) is 2. The molecule has 0 bridgehead atoms. The van der Waals surface area contributed by atoms with E-state index < -0.39 is 13.0 Å². The van der Waals surface area contributed by atoms with Crippen LogP contribution in [-0.4, -0.2) is 36.2 Å². The van der Waals surface area contributed by atoms with Crippen molar-refractivity contribution in [2.24, 2.45) is 0 Å². The van der Waals surface area contributed by atoms with Gasteiger partial charge in [0.1, 0.15) is 0 Å². The van der Waals surface area contributed by atoms with Crippen LogP contribution in [0.25, 0.3) is 10.8 Å². The Labute approximate surface area is 109 Å². The van der Waals surface area contributed by atoms with Gasteiger partial charge in [-0.15, -0.1) is 0 Å². The fourth-order valence-corrected chi connectivity index (χ4v) is 2.07. The Morgan fingerprint density at radius 3 is 2.74 bits per heavy atom. The second-order valence-corrected chi connectivity index (χ2v) is 4.16. The Kier molecular flexibility index (Phi) is 4.11. The summed E-state index contributed by atoms with van der Waals surface area (Å²) in [5.41, 5.74) is 7.02. The average molecular weight is 267 g/mol. The molecule has 0 spiro atoms. The molecule has 0 saturated heterocycles. The molecule has 0 aliphatic heterocycles. The van der Waals surface area contributed by atoms with Crippen LogP contribution in [0.2, 0.25) is 0 Å². The van der Waals surface area contributed by atoms with Crippen molar-refractivity contribution in [1.82, 2.24) is 4.98 Å². The van der Waals surface area contributed by atoms with Gasteiger partial charge in [0.15, 0.2) is 0 Å².